The maximum atomic E-state index is 11.5. The fraction of sp³-hybridized carbons (Fsp3) is 0.364. The van der Waals surface area contributed by atoms with E-state index in [1.165, 1.54) is 0 Å². The van der Waals surface area contributed by atoms with Gasteiger partial charge < -0.3 is 15.1 Å². The summed E-state index contributed by atoms with van der Waals surface area (Å²) in [7, 11) is -4.40. The minimum absolute atomic E-state index is 0.0874. The van der Waals surface area contributed by atoms with Crippen molar-refractivity contribution in [1.29, 1.82) is 0 Å². The van der Waals surface area contributed by atoms with Crippen LogP contribution in [-0.2, 0) is 20.3 Å². The molecule has 0 saturated carbocycles. The lowest BCUT2D eigenvalue weighted by Crippen LogP contribution is -2.26. The number of phosphoric ester groups is 1. The fourth-order valence-electron chi connectivity index (χ4n) is 1.33. The molecular formula is C11H16NO5P. The molecule has 0 aliphatic carbocycles. The van der Waals surface area contributed by atoms with Gasteiger partial charge in [-0.1, -0.05) is 30.3 Å². The summed E-state index contributed by atoms with van der Waals surface area (Å²) in [4.78, 5) is 28.3. The summed E-state index contributed by atoms with van der Waals surface area (Å²) in [5.41, 5.74) is 0.918. The normalized spacial score (nSPS) is 11.2. The minimum Gasteiger partial charge on any atom is -0.356 e. The molecule has 0 fully saturated rings. The average molecular weight is 273 g/mol. The van der Waals surface area contributed by atoms with Crippen molar-refractivity contribution in [2.24, 2.45) is 0 Å². The van der Waals surface area contributed by atoms with E-state index < -0.39 is 7.82 Å². The number of carbonyl (C=O) groups is 1. The van der Waals surface area contributed by atoms with Gasteiger partial charge in [0.25, 0.3) is 0 Å². The Kier molecular flexibility index (Phi) is 6.01. The molecule has 1 amide bonds. The summed E-state index contributed by atoms with van der Waals surface area (Å²) < 4.78 is 14.6. The maximum Gasteiger partial charge on any atom is 0.469 e. The Hall–Kier alpha value is -1.20. The van der Waals surface area contributed by atoms with Crippen LogP contribution in [0, 0.1) is 0 Å². The molecule has 0 aliphatic rings. The van der Waals surface area contributed by atoms with E-state index in [9.17, 15) is 9.36 Å². The van der Waals surface area contributed by atoms with E-state index in [-0.39, 0.29) is 12.5 Å². The monoisotopic (exact) mass is 273 g/mol. The molecule has 3 N–H and O–H groups in total. The predicted octanol–water partition coefficient (Wildman–Crippen LogP) is 0.845. The molecular weight excluding hydrogens is 257 g/mol. The first-order chi connectivity index (χ1) is 8.47. The third-order valence-electron chi connectivity index (χ3n) is 2.11. The molecule has 0 heterocycles. The molecule has 0 spiro atoms. The van der Waals surface area contributed by atoms with Crippen molar-refractivity contribution in [3.05, 3.63) is 35.9 Å². The smallest absolute Gasteiger partial charge is 0.356 e. The van der Waals surface area contributed by atoms with Crippen molar-refractivity contribution in [3.8, 4) is 0 Å². The molecule has 0 aromatic heterocycles. The van der Waals surface area contributed by atoms with Crippen molar-refractivity contribution in [2.45, 2.75) is 12.8 Å². The summed E-state index contributed by atoms with van der Waals surface area (Å²) in [5.74, 6) is -0.127. The zero-order valence-corrected chi connectivity index (χ0v) is 10.7. The topological polar surface area (TPSA) is 95.9 Å². The third kappa shape index (κ3) is 7.19. The molecule has 0 unspecified atom stereocenters. The SMILES string of the molecule is O=C(Cc1ccccc1)NCCCOP(=O)(O)O. The van der Waals surface area contributed by atoms with Gasteiger partial charge in [0.05, 0.1) is 13.0 Å². The number of benzene rings is 1. The highest BCUT2D eigenvalue weighted by atomic mass is 31.2. The van der Waals surface area contributed by atoms with Crippen LogP contribution in [0.3, 0.4) is 0 Å². The molecule has 0 saturated heterocycles. The largest absolute Gasteiger partial charge is 0.469 e. The van der Waals surface area contributed by atoms with Crippen LogP contribution in [0.15, 0.2) is 30.3 Å². The van der Waals surface area contributed by atoms with Crippen molar-refractivity contribution in [3.63, 3.8) is 0 Å². The van der Waals surface area contributed by atoms with E-state index in [1.807, 2.05) is 30.3 Å². The maximum absolute atomic E-state index is 11.5. The number of phosphoric acid groups is 1. The fourth-order valence-corrected chi connectivity index (χ4v) is 1.69. The highest BCUT2D eigenvalue weighted by Crippen LogP contribution is 2.35. The highest BCUT2D eigenvalue weighted by Gasteiger charge is 2.12. The van der Waals surface area contributed by atoms with Crippen LogP contribution in [0.25, 0.3) is 0 Å². The van der Waals surface area contributed by atoms with E-state index in [4.69, 9.17) is 9.79 Å². The number of hydrogen-bond donors (Lipinski definition) is 3. The summed E-state index contributed by atoms with van der Waals surface area (Å²) >= 11 is 0. The zero-order chi connectivity index (χ0) is 13.4. The summed E-state index contributed by atoms with van der Waals surface area (Å²) in [6, 6.07) is 9.31. The Morgan fingerprint density at radius 3 is 2.56 bits per heavy atom. The average Bonchev–Trinajstić information content (AvgIpc) is 2.28. The second-order valence-electron chi connectivity index (χ2n) is 3.69. The molecule has 0 atom stereocenters. The van der Waals surface area contributed by atoms with E-state index in [1.54, 1.807) is 0 Å². The molecule has 6 nitrogen and oxygen atoms in total. The molecule has 7 heteroatoms. The Morgan fingerprint density at radius 2 is 1.94 bits per heavy atom. The first kappa shape index (κ1) is 14.9. The van der Waals surface area contributed by atoms with Gasteiger partial charge in [-0.15, -0.1) is 0 Å². The first-order valence-corrected chi connectivity index (χ1v) is 7.01. The number of rotatable bonds is 7. The van der Waals surface area contributed by atoms with Crippen molar-refractivity contribution >= 4 is 13.7 Å². The van der Waals surface area contributed by atoms with Gasteiger partial charge >= 0.3 is 7.82 Å². The van der Waals surface area contributed by atoms with Crippen LogP contribution >= 0.6 is 7.82 Å². The Morgan fingerprint density at radius 1 is 1.28 bits per heavy atom. The molecule has 0 aliphatic heterocycles. The van der Waals surface area contributed by atoms with Crippen LogP contribution in [0.2, 0.25) is 0 Å². The lowest BCUT2D eigenvalue weighted by molar-refractivity contribution is -0.120. The Labute approximate surface area is 105 Å². The van der Waals surface area contributed by atoms with Crippen LogP contribution in [-0.4, -0.2) is 28.8 Å². The van der Waals surface area contributed by atoms with Gasteiger partial charge in [0.1, 0.15) is 0 Å². The van der Waals surface area contributed by atoms with Gasteiger partial charge in [0, 0.05) is 6.54 Å². The number of carbonyl (C=O) groups excluding carboxylic acids is 1. The number of hydrogen-bond acceptors (Lipinski definition) is 3. The van der Waals surface area contributed by atoms with Crippen molar-refractivity contribution in [2.75, 3.05) is 13.2 Å². The van der Waals surface area contributed by atoms with Crippen LogP contribution in [0.4, 0.5) is 0 Å². The Bertz CT molecular complexity index is 417. The zero-order valence-electron chi connectivity index (χ0n) is 9.78. The predicted molar refractivity (Wildman–Crippen MR) is 65.8 cm³/mol. The molecule has 1 aromatic rings. The third-order valence-corrected chi connectivity index (χ3v) is 2.63. The first-order valence-electron chi connectivity index (χ1n) is 5.48. The van der Waals surface area contributed by atoms with E-state index >= 15 is 0 Å². The summed E-state index contributed by atoms with van der Waals surface area (Å²) in [6.07, 6.45) is 0.645. The van der Waals surface area contributed by atoms with Gasteiger partial charge in [0.15, 0.2) is 0 Å². The minimum atomic E-state index is -4.40. The Balaban J connectivity index is 2.13. The lowest BCUT2D eigenvalue weighted by Gasteiger charge is -2.06. The van der Waals surface area contributed by atoms with Crippen LogP contribution < -0.4 is 5.32 Å². The van der Waals surface area contributed by atoms with Gasteiger partial charge in [-0.25, -0.2) is 4.57 Å². The molecule has 18 heavy (non-hydrogen) atoms. The van der Waals surface area contributed by atoms with Crippen LogP contribution in [0.1, 0.15) is 12.0 Å². The van der Waals surface area contributed by atoms with E-state index in [2.05, 4.69) is 9.84 Å². The second-order valence-corrected chi connectivity index (χ2v) is 4.93. The lowest BCUT2D eigenvalue weighted by atomic mass is 10.1. The summed E-state index contributed by atoms with van der Waals surface area (Å²) in [6.45, 7) is 0.238. The standard InChI is InChI=1S/C11H16NO5P/c13-11(9-10-5-2-1-3-6-10)12-7-4-8-17-18(14,15)16/h1-3,5-6H,4,7-9H2,(H,12,13)(H2,14,15,16). The van der Waals surface area contributed by atoms with Gasteiger partial charge in [0.2, 0.25) is 5.91 Å². The molecule has 0 radical (unpaired) electrons. The van der Waals surface area contributed by atoms with Crippen molar-refractivity contribution in [1.82, 2.24) is 5.32 Å². The molecule has 0 bridgehead atoms. The number of amides is 1. The van der Waals surface area contributed by atoms with Gasteiger partial charge in [-0.05, 0) is 12.0 Å². The molecule has 1 aromatic carbocycles. The molecule has 100 valence electrons. The second kappa shape index (κ2) is 7.28. The van der Waals surface area contributed by atoms with Gasteiger partial charge in [-0.2, -0.15) is 0 Å². The quantitative estimate of drug-likeness (QED) is 0.505. The summed E-state index contributed by atoms with van der Waals surface area (Å²) in [5, 5.41) is 2.65. The van der Waals surface area contributed by atoms with Crippen molar-refractivity contribution < 1.29 is 23.7 Å². The number of nitrogens with one attached hydrogen (secondary N) is 1. The highest BCUT2D eigenvalue weighted by molar-refractivity contribution is 7.46. The van der Waals surface area contributed by atoms with E-state index in [0.29, 0.717) is 19.4 Å². The van der Waals surface area contributed by atoms with Crippen LogP contribution in [0.5, 0.6) is 0 Å². The van der Waals surface area contributed by atoms with Gasteiger partial charge in [-0.3, -0.25) is 9.32 Å². The van der Waals surface area contributed by atoms with E-state index in [0.717, 1.165) is 5.56 Å². The molecule has 1 rings (SSSR count).